The zero-order valence-corrected chi connectivity index (χ0v) is 7.94. The molecular weight excluding hydrogens is 187 g/mol. The highest BCUT2D eigenvalue weighted by atomic mass is 35.5. The Balaban J connectivity index is 2.15. The molecule has 0 spiro atoms. The largest absolute Gasteiger partial charge is 0.351 e. The summed E-state index contributed by atoms with van der Waals surface area (Å²) >= 11 is 11.5. The monoisotopic (exact) mass is 198 g/mol. The van der Waals surface area contributed by atoms with Crippen LogP contribution in [0.4, 0.5) is 0 Å². The predicted octanol–water partition coefficient (Wildman–Crippen LogP) is 1.98. The van der Waals surface area contributed by atoms with E-state index < -0.39 is 0 Å². The Morgan fingerprint density at radius 3 is 2.91 bits per heavy atom. The first kappa shape index (κ1) is 9.59. The highest BCUT2D eigenvalue weighted by Crippen LogP contribution is 2.20. The van der Waals surface area contributed by atoms with Gasteiger partial charge in [-0.3, -0.25) is 0 Å². The van der Waals surface area contributed by atoms with Crippen molar-refractivity contribution in [2.24, 2.45) is 0 Å². The molecule has 1 fully saturated rings. The molecule has 0 aromatic carbocycles. The molecule has 1 rings (SSSR count). The first-order valence-corrected chi connectivity index (χ1v) is 4.59. The van der Waals surface area contributed by atoms with Gasteiger partial charge in [-0.2, -0.15) is 0 Å². The maximum absolute atomic E-state index is 5.87. The Bertz CT molecular complexity index is 119. The van der Waals surface area contributed by atoms with Crippen LogP contribution in [0, 0.1) is 0 Å². The fourth-order valence-corrected chi connectivity index (χ4v) is 1.22. The molecule has 0 aromatic heterocycles. The lowest BCUT2D eigenvalue weighted by Gasteiger charge is -2.14. The van der Waals surface area contributed by atoms with E-state index in [1.54, 1.807) is 0 Å². The summed E-state index contributed by atoms with van der Waals surface area (Å²) in [6.45, 7) is 3.06. The third-order valence-corrected chi connectivity index (χ3v) is 2.01. The molecular formula is C7H12Cl2O2. The topological polar surface area (TPSA) is 18.5 Å². The van der Waals surface area contributed by atoms with Crippen LogP contribution in [0.2, 0.25) is 0 Å². The first-order valence-electron chi connectivity index (χ1n) is 3.71. The third-order valence-electron chi connectivity index (χ3n) is 1.46. The van der Waals surface area contributed by atoms with E-state index in [1.165, 1.54) is 0 Å². The van der Waals surface area contributed by atoms with Crippen LogP contribution >= 0.6 is 23.2 Å². The lowest BCUT2D eigenvalue weighted by molar-refractivity contribution is -0.108. The van der Waals surface area contributed by atoms with Crippen molar-refractivity contribution in [3.8, 4) is 0 Å². The molecule has 0 aromatic rings. The van der Waals surface area contributed by atoms with Crippen LogP contribution in [-0.4, -0.2) is 30.3 Å². The molecule has 4 heteroatoms. The van der Waals surface area contributed by atoms with Crippen LogP contribution in [0.15, 0.2) is 0 Å². The van der Waals surface area contributed by atoms with Crippen LogP contribution in [0.3, 0.4) is 0 Å². The maximum atomic E-state index is 5.87. The summed E-state index contributed by atoms with van der Waals surface area (Å²) in [7, 11) is 0. The van der Waals surface area contributed by atoms with Crippen LogP contribution < -0.4 is 0 Å². The van der Waals surface area contributed by atoms with E-state index in [9.17, 15) is 0 Å². The molecule has 1 aliphatic heterocycles. The third kappa shape index (κ3) is 3.16. The quantitative estimate of drug-likeness (QED) is 0.647. The average molecular weight is 199 g/mol. The highest BCUT2D eigenvalue weighted by Gasteiger charge is 2.26. The number of rotatable bonds is 3. The van der Waals surface area contributed by atoms with Crippen molar-refractivity contribution < 1.29 is 9.47 Å². The van der Waals surface area contributed by atoms with Gasteiger partial charge in [0.25, 0.3) is 0 Å². The Hall–Kier alpha value is 0.500. The molecule has 1 aliphatic rings. The predicted molar refractivity (Wildman–Crippen MR) is 45.3 cm³/mol. The zero-order valence-electron chi connectivity index (χ0n) is 6.43. The van der Waals surface area contributed by atoms with Crippen molar-refractivity contribution in [1.29, 1.82) is 0 Å². The Kier molecular flexibility index (Phi) is 3.93. The molecule has 0 bridgehead atoms. The minimum Gasteiger partial charge on any atom is -0.351 e. The molecule has 0 saturated carbocycles. The van der Waals surface area contributed by atoms with Gasteiger partial charge in [0.1, 0.15) is 0 Å². The number of hydrogen-bond donors (Lipinski definition) is 0. The Morgan fingerprint density at radius 1 is 1.73 bits per heavy atom. The van der Waals surface area contributed by atoms with Gasteiger partial charge in [0.15, 0.2) is 6.29 Å². The first-order chi connectivity index (χ1) is 5.20. The lowest BCUT2D eigenvalue weighted by Crippen LogP contribution is -2.22. The number of halogens is 2. The number of ether oxygens (including phenoxy) is 2. The molecule has 0 N–H and O–H groups in total. The van der Waals surface area contributed by atoms with Gasteiger partial charge in [0, 0.05) is 0 Å². The molecule has 0 radical (unpaired) electrons. The standard InChI is InChI=1S/C7H12Cl2O2/c1-5(8)4-11-7-6(9)2-3-10-7/h5-7H,2-4H2,1H3. The van der Waals surface area contributed by atoms with E-state index in [0.29, 0.717) is 13.2 Å². The van der Waals surface area contributed by atoms with E-state index in [-0.39, 0.29) is 17.0 Å². The molecule has 66 valence electrons. The molecule has 11 heavy (non-hydrogen) atoms. The molecule has 2 nitrogen and oxygen atoms in total. The lowest BCUT2D eigenvalue weighted by atomic mass is 10.3. The minimum absolute atomic E-state index is 0.00887. The molecule has 1 heterocycles. The van der Waals surface area contributed by atoms with Gasteiger partial charge in [0.05, 0.1) is 24.0 Å². The van der Waals surface area contributed by atoms with Gasteiger partial charge in [-0.25, -0.2) is 0 Å². The van der Waals surface area contributed by atoms with E-state index in [0.717, 1.165) is 6.42 Å². The van der Waals surface area contributed by atoms with Crippen LogP contribution in [0.1, 0.15) is 13.3 Å². The van der Waals surface area contributed by atoms with Crippen molar-refractivity contribution >= 4 is 23.2 Å². The van der Waals surface area contributed by atoms with Crippen LogP contribution in [0.25, 0.3) is 0 Å². The fraction of sp³-hybridized carbons (Fsp3) is 1.00. The minimum atomic E-state index is -0.252. The zero-order chi connectivity index (χ0) is 8.27. The van der Waals surface area contributed by atoms with E-state index in [2.05, 4.69) is 0 Å². The van der Waals surface area contributed by atoms with Crippen molar-refractivity contribution in [2.75, 3.05) is 13.2 Å². The molecule has 0 amide bonds. The Labute approximate surface area is 76.8 Å². The highest BCUT2D eigenvalue weighted by molar-refractivity contribution is 6.21. The Morgan fingerprint density at radius 2 is 2.45 bits per heavy atom. The van der Waals surface area contributed by atoms with E-state index >= 15 is 0 Å². The van der Waals surface area contributed by atoms with Gasteiger partial charge in [0.2, 0.25) is 0 Å². The molecule has 0 aliphatic carbocycles. The summed E-state index contributed by atoms with van der Waals surface area (Å²) in [6, 6.07) is 0. The van der Waals surface area contributed by atoms with Gasteiger partial charge >= 0.3 is 0 Å². The van der Waals surface area contributed by atoms with Crippen molar-refractivity contribution in [3.63, 3.8) is 0 Å². The van der Waals surface area contributed by atoms with Gasteiger partial charge in [-0.05, 0) is 13.3 Å². The summed E-state index contributed by atoms with van der Waals surface area (Å²) in [6.07, 6.45) is 0.612. The second kappa shape index (κ2) is 4.51. The van der Waals surface area contributed by atoms with E-state index in [1.807, 2.05) is 6.92 Å². The van der Waals surface area contributed by atoms with Gasteiger partial charge < -0.3 is 9.47 Å². The second-order valence-electron chi connectivity index (χ2n) is 2.66. The van der Waals surface area contributed by atoms with Gasteiger partial charge in [-0.1, -0.05) is 0 Å². The smallest absolute Gasteiger partial charge is 0.173 e. The van der Waals surface area contributed by atoms with Crippen LogP contribution in [-0.2, 0) is 9.47 Å². The van der Waals surface area contributed by atoms with Crippen LogP contribution in [0.5, 0.6) is 0 Å². The van der Waals surface area contributed by atoms with Crippen molar-refractivity contribution in [1.82, 2.24) is 0 Å². The number of hydrogen-bond acceptors (Lipinski definition) is 2. The summed E-state index contributed by atoms with van der Waals surface area (Å²) in [5, 5.41) is 0.00785. The molecule has 3 unspecified atom stereocenters. The molecule has 3 atom stereocenters. The van der Waals surface area contributed by atoms with E-state index in [4.69, 9.17) is 32.7 Å². The van der Waals surface area contributed by atoms with Crippen molar-refractivity contribution in [2.45, 2.75) is 30.4 Å². The summed E-state index contributed by atoms with van der Waals surface area (Å²) in [5.41, 5.74) is 0. The summed E-state index contributed by atoms with van der Waals surface area (Å²) in [5.74, 6) is 0. The summed E-state index contributed by atoms with van der Waals surface area (Å²) < 4.78 is 10.5. The second-order valence-corrected chi connectivity index (χ2v) is 3.96. The van der Waals surface area contributed by atoms with Gasteiger partial charge in [-0.15, -0.1) is 23.2 Å². The summed E-state index contributed by atoms with van der Waals surface area (Å²) in [4.78, 5) is 0. The maximum Gasteiger partial charge on any atom is 0.173 e. The van der Waals surface area contributed by atoms with Crippen molar-refractivity contribution in [3.05, 3.63) is 0 Å². The SMILES string of the molecule is CC(Cl)COC1OCCC1Cl. The number of alkyl halides is 2. The normalized spacial score (nSPS) is 34.1. The average Bonchev–Trinajstić information content (AvgIpc) is 2.31. The fourth-order valence-electron chi connectivity index (χ4n) is 0.917. The molecule has 1 saturated heterocycles.